The van der Waals surface area contributed by atoms with Crippen molar-refractivity contribution in [3.05, 3.63) is 89.7 Å². The Morgan fingerprint density at radius 2 is 1.44 bits per heavy atom. The highest BCUT2D eigenvalue weighted by atomic mass is 19.1. The van der Waals surface area contributed by atoms with Crippen LogP contribution >= 0.6 is 0 Å². The molecule has 0 heterocycles. The van der Waals surface area contributed by atoms with Crippen molar-refractivity contribution >= 4 is 11.7 Å². The van der Waals surface area contributed by atoms with E-state index in [-0.39, 0.29) is 12.6 Å². The largest absolute Gasteiger partial charge is 0.457 e. The van der Waals surface area contributed by atoms with Gasteiger partial charge < -0.3 is 15.0 Å². The maximum atomic E-state index is 14.2. The Morgan fingerprint density at radius 3 is 2.06 bits per heavy atom. The van der Waals surface area contributed by atoms with Gasteiger partial charge in [-0.05, 0) is 42.7 Å². The molecule has 0 spiro atoms. The summed E-state index contributed by atoms with van der Waals surface area (Å²) in [4.78, 5) is 14.8. The van der Waals surface area contributed by atoms with Gasteiger partial charge in [0.15, 0.2) is 11.6 Å². The van der Waals surface area contributed by atoms with Gasteiger partial charge >= 0.3 is 6.03 Å². The van der Waals surface area contributed by atoms with Crippen molar-refractivity contribution < 1.29 is 22.7 Å². The topological polar surface area (TPSA) is 41.6 Å². The van der Waals surface area contributed by atoms with Crippen molar-refractivity contribution in [1.29, 1.82) is 0 Å². The predicted octanol–water partition coefficient (Wildman–Crippen LogP) is 7.65. The zero-order valence-electron chi connectivity index (χ0n) is 18.8. The van der Waals surface area contributed by atoms with Gasteiger partial charge in [-0.3, -0.25) is 0 Å². The fraction of sp³-hybridized carbons (Fsp3) is 0.296. The maximum absolute atomic E-state index is 14.2. The number of hydrogen-bond donors (Lipinski definition) is 1. The van der Waals surface area contributed by atoms with Gasteiger partial charge in [0.05, 0.1) is 0 Å². The highest BCUT2D eigenvalue weighted by Crippen LogP contribution is 2.27. The van der Waals surface area contributed by atoms with Gasteiger partial charge in [0, 0.05) is 24.7 Å². The molecule has 3 aromatic rings. The van der Waals surface area contributed by atoms with E-state index in [1.54, 1.807) is 4.90 Å². The fourth-order valence-corrected chi connectivity index (χ4v) is 4.26. The number of urea groups is 1. The van der Waals surface area contributed by atoms with Gasteiger partial charge in [-0.1, -0.05) is 56.0 Å². The molecule has 0 radical (unpaired) electrons. The van der Waals surface area contributed by atoms with Crippen LogP contribution < -0.4 is 10.1 Å². The summed E-state index contributed by atoms with van der Waals surface area (Å²) in [5.74, 6) is -1.94. The molecule has 4 rings (SSSR count). The van der Waals surface area contributed by atoms with Gasteiger partial charge in [0.2, 0.25) is 0 Å². The Hall–Kier alpha value is -3.48. The Bertz CT molecular complexity index is 1080. The molecule has 1 saturated carbocycles. The molecule has 4 nitrogen and oxygen atoms in total. The SMILES string of the molecule is O=C(Nc1c(F)cc(F)cc1F)N(Cc1ccc(Oc2ccccc2)cc1)C1CCCCCC1. The number of carbonyl (C=O) groups is 1. The first-order valence-electron chi connectivity index (χ1n) is 11.5. The van der Waals surface area contributed by atoms with E-state index < -0.39 is 29.2 Å². The lowest BCUT2D eigenvalue weighted by atomic mass is 10.1. The van der Waals surface area contributed by atoms with E-state index in [9.17, 15) is 18.0 Å². The van der Waals surface area contributed by atoms with Crippen LogP contribution in [0.2, 0.25) is 0 Å². The van der Waals surface area contributed by atoms with Crippen molar-refractivity contribution in [1.82, 2.24) is 4.90 Å². The minimum absolute atomic E-state index is 0.0608. The van der Waals surface area contributed by atoms with Crippen LogP contribution in [0, 0.1) is 17.5 Å². The summed E-state index contributed by atoms with van der Waals surface area (Å²) in [7, 11) is 0. The molecular weight excluding hydrogens is 441 g/mol. The van der Waals surface area contributed by atoms with Crippen LogP contribution in [0.3, 0.4) is 0 Å². The summed E-state index contributed by atoms with van der Waals surface area (Å²) in [5, 5.41) is 2.33. The number of amides is 2. The molecule has 0 saturated heterocycles. The first kappa shape index (κ1) is 23.7. The summed E-state index contributed by atoms with van der Waals surface area (Å²) < 4.78 is 47.4. The van der Waals surface area contributed by atoms with E-state index in [0.29, 0.717) is 17.9 Å². The number of benzene rings is 3. The number of para-hydroxylation sites is 1. The second kappa shape index (κ2) is 11.1. The number of anilines is 1. The first-order chi connectivity index (χ1) is 16.5. The number of halogens is 3. The van der Waals surface area contributed by atoms with Crippen molar-refractivity contribution in [2.45, 2.75) is 51.1 Å². The summed E-state index contributed by atoms with van der Waals surface area (Å²) >= 11 is 0. The van der Waals surface area contributed by atoms with Gasteiger partial charge in [0.25, 0.3) is 0 Å². The monoisotopic (exact) mass is 468 g/mol. The highest BCUT2D eigenvalue weighted by molar-refractivity contribution is 5.89. The molecule has 34 heavy (non-hydrogen) atoms. The molecule has 0 aromatic heterocycles. The van der Waals surface area contributed by atoms with Crippen molar-refractivity contribution in [3.8, 4) is 11.5 Å². The number of ether oxygens (including phenoxy) is 1. The highest BCUT2D eigenvalue weighted by Gasteiger charge is 2.26. The van der Waals surface area contributed by atoms with Gasteiger partial charge in [-0.2, -0.15) is 0 Å². The zero-order valence-corrected chi connectivity index (χ0v) is 18.8. The number of nitrogens with one attached hydrogen (secondary N) is 1. The minimum Gasteiger partial charge on any atom is -0.457 e. The standard InChI is InChI=1S/C27H27F3N2O2/c28-20-16-24(29)26(25(30)17-20)31-27(33)32(21-8-4-1-2-5-9-21)18-19-12-14-23(15-13-19)34-22-10-6-3-7-11-22/h3,6-7,10-17,21H,1-2,4-5,8-9,18H2,(H,31,33). The smallest absolute Gasteiger partial charge is 0.322 e. The summed E-state index contributed by atoms with van der Waals surface area (Å²) in [6, 6.07) is 17.2. The van der Waals surface area contributed by atoms with E-state index >= 15 is 0 Å². The number of hydrogen-bond acceptors (Lipinski definition) is 2. The number of carbonyl (C=O) groups excluding carboxylic acids is 1. The van der Waals surface area contributed by atoms with Crippen LogP contribution in [0.4, 0.5) is 23.7 Å². The van der Waals surface area contributed by atoms with Gasteiger partial charge in [0.1, 0.15) is 23.0 Å². The van der Waals surface area contributed by atoms with Gasteiger partial charge in [-0.25, -0.2) is 18.0 Å². The normalized spacial score (nSPS) is 14.3. The van der Waals surface area contributed by atoms with Crippen LogP contribution in [0.5, 0.6) is 11.5 Å². The molecule has 1 aliphatic carbocycles. The fourth-order valence-electron chi connectivity index (χ4n) is 4.26. The number of rotatable bonds is 6. The molecule has 2 amide bonds. The molecule has 3 aromatic carbocycles. The first-order valence-corrected chi connectivity index (χ1v) is 11.5. The Kier molecular flexibility index (Phi) is 7.72. The van der Waals surface area contributed by atoms with Gasteiger partial charge in [-0.15, -0.1) is 0 Å². The van der Waals surface area contributed by atoms with E-state index in [2.05, 4.69) is 5.32 Å². The van der Waals surface area contributed by atoms with Crippen LogP contribution in [-0.4, -0.2) is 17.0 Å². The second-order valence-corrected chi connectivity index (χ2v) is 8.51. The molecule has 1 fully saturated rings. The van der Waals surface area contributed by atoms with Crippen LogP contribution in [-0.2, 0) is 6.54 Å². The lowest BCUT2D eigenvalue weighted by Gasteiger charge is -2.31. The Morgan fingerprint density at radius 1 is 0.853 bits per heavy atom. The van der Waals surface area contributed by atoms with Crippen LogP contribution in [0.15, 0.2) is 66.7 Å². The number of nitrogens with zero attached hydrogens (tertiary/aromatic N) is 1. The van der Waals surface area contributed by atoms with Crippen molar-refractivity contribution in [3.63, 3.8) is 0 Å². The van der Waals surface area contributed by atoms with Crippen LogP contribution in [0.1, 0.15) is 44.1 Å². The Labute approximate surface area is 197 Å². The molecule has 0 atom stereocenters. The zero-order chi connectivity index (χ0) is 23.9. The molecule has 178 valence electrons. The maximum Gasteiger partial charge on any atom is 0.322 e. The quantitative estimate of drug-likeness (QED) is 0.378. The second-order valence-electron chi connectivity index (χ2n) is 8.51. The predicted molar refractivity (Wildman–Crippen MR) is 125 cm³/mol. The molecule has 1 aliphatic rings. The van der Waals surface area contributed by atoms with E-state index in [0.717, 1.165) is 49.8 Å². The van der Waals surface area contributed by atoms with E-state index in [4.69, 9.17) is 4.74 Å². The summed E-state index contributed by atoms with van der Waals surface area (Å²) in [6.45, 7) is 0.270. The molecule has 0 unspecified atom stereocenters. The molecular formula is C27H27F3N2O2. The molecule has 0 bridgehead atoms. The average Bonchev–Trinajstić information content (AvgIpc) is 3.11. The van der Waals surface area contributed by atoms with E-state index in [1.165, 1.54) is 0 Å². The Balaban J connectivity index is 1.52. The molecule has 0 aliphatic heterocycles. The minimum atomic E-state index is -1.14. The third-order valence-corrected chi connectivity index (χ3v) is 6.02. The third-order valence-electron chi connectivity index (χ3n) is 6.02. The average molecular weight is 469 g/mol. The summed E-state index contributed by atoms with van der Waals surface area (Å²) in [6.07, 6.45) is 5.79. The van der Waals surface area contributed by atoms with Crippen molar-refractivity contribution in [2.24, 2.45) is 0 Å². The molecule has 1 N–H and O–H groups in total. The van der Waals surface area contributed by atoms with Crippen molar-refractivity contribution in [2.75, 3.05) is 5.32 Å². The third kappa shape index (κ3) is 6.10. The van der Waals surface area contributed by atoms with E-state index in [1.807, 2.05) is 54.6 Å². The lowest BCUT2D eigenvalue weighted by Crippen LogP contribution is -2.42. The molecule has 7 heteroatoms. The summed E-state index contributed by atoms with van der Waals surface area (Å²) in [5.41, 5.74) is 0.219. The van der Waals surface area contributed by atoms with Crippen LogP contribution in [0.25, 0.3) is 0 Å². The lowest BCUT2D eigenvalue weighted by molar-refractivity contribution is 0.175.